The molecule has 0 fully saturated rings. The highest BCUT2D eigenvalue weighted by molar-refractivity contribution is 5.35. The predicted octanol–water partition coefficient (Wildman–Crippen LogP) is 4.13. The van der Waals surface area contributed by atoms with E-state index in [-0.39, 0.29) is 0 Å². The van der Waals surface area contributed by atoms with Crippen molar-refractivity contribution in [2.45, 2.75) is 57.9 Å². The third-order valence-electron chi connectivity index (χ3n) is 4.33. The van der Waals surface area contributed by atoms with Crippen molar-refractivity contribution < 1.29 is 0 Å². The van der Waals surface area contributed by atoms with Gasteiger partial charge in [0.25, 0.3) is 0 Å². The summed E-state index contributed by atoms with van der Waals surface area (Å²) in [5.41, 5.74) is 3.17. The molecule has 0 spiro atoms. The van der Waals surface area contributed by atoms with E-state index in [4.69, 9.17) is 0 Å². The zero-order valence-corrected chi connectivity index (χ0v) is 12.1. The molecule has 0 aromatic heterocycles. The monoisotopic (exact) mass is 245 g/mol. The lowest BCUT2D eigenvalue weighted by Crippen LogP contribution is -2.31. The van der Waals surface area contributed by atoms with Crippen molar-refractivity contribution in [3.8, 4) is 0 Å². The van der Waals surface area contributed by atoms with Crippen LogP contribution in [0.1, 0.15) is 56.6 Å². The van der Waals surface area contributed by atoms with E-state index < -0.39 is 0 Å². The average molecular weight is 245 g/mol. The molecule has 0 saturated heterocycles. The molecule has 0 radical (unpaired) electrons. The van der Waals surface area contributed by atoms with Gasteiger partial charge < -0.3 is 5.32 Å². The molecule has 1 N–H and O–H groups in total. The first kappa shape index (κ1) is 13.6. The smallest absolute Gasteiger partial charge is 0.0133 e. The van der Waals surface area contributed by atoms with E-state index in [0.29, 0.717) is 6.04 Å². The summed E-state index contributed by atoms with van der Waals surface area (Å²) in [6.07, 6.45) is 6.61. The lowest BCUT2D eigenvalue weighted by molar-refractivity contribution is 0.402. The van der Waals surface area contributed by atoms with Crippen molar-refractivity contribution >= 4 is 0 Å². The molecular formula is C17H27N. The SMILES string of the molecule is CNC(CCCC(C)C)C1CCc2ccccc21. The largest absolute Gasteiger partial charge is 0.316 e. The van der Waals surface area contributed by atoms with Crippen LogP contribution in [0.3, 0.4) is 0 Å². The number of likely N-dealkylation sites (N-methyl/N-ethyl adjacent to an activating group) is 1. The molecule has 1 aliphatic carbocycles. The Bertz CT molecular complexity index is 370. The van der Waals surface area contributed by atoms with Crippen LogP contribution in [0.5, 0.6) is 0 Å². The Balaban J connectivity index is 1.97. The van der Waals surface area contributed by atoms with Crippen LogP contribution in [0.4, 0.5) is 0 Å². The Kier molecular flexibility index (Phi) is 4.82. The minimum Gasteiger partial charge on any atom is -0.316 e. The fourth-order valence-electron chi connectivity index (χ4n) is 3.30. The molecule has 0 heterocycles. The lowest BCUT2D eigenvalue weighted by Gasteiger charge is -2.24. The zero-order valence-electron chi connectivity index (χ0n) is 12.1. The van der Waals surface area contributed by atoms with E-state index in [9.17, 15) is 0 Å². The van der Waals surface area contributed by atoms with Crippen LogP contribution in [-0.4, -0.2) is 13.1 Å². The number of fused-ring (bicyclic) bond motifs is 1. The fraction of sp³-hybridized carbons (Fsp3) is 0.647. The summed E-state index contributed by atoms with van der Waals surface area (Å²) >= 11 is 0. The number of hydrogen-bond donors (Lipinski definition) is 1. The van der Waals surface area contributed by atoms with Crippen LogP contribution < -0.4 is 5.32 Å². The molecule has 1 aliphatic rings. The van der Waals surface area contributed by atoms with Gasteiger partial charge in [0, 0.05) is 6.04 Å². The standard InChI is InChI=1S/C17H27N/c1-13(2)7-6-10-17(18-3)16-12-11-14-8-4-5-9-15(14)16/h4-5,8-9,13,16-18H,6-7,10-12H2,1-3H3. The van der Waals surface area contributed by atoms with Crippen LogP contribution in [0.25, 0.3) is 0 Å². The van der Waals surface area contributed by atoms with E-state index in [2.05, 4.69) is 50.5 Å². The third-order valence-corrected chi connectivity index (χ3v) is 4.33. The van der Waals surface area contributed by atoms with E-state index in [1.165, 1.54) is 32.1 Å². The molecule has 1 nitrogen and oxygen atoms in total. The Hall–Kier alpha value is -0.820. The van der Waals surface area contributed by atoms with Gasteiger partial charge in [0.2, 0.25) is 0 Å². The molecule has 0 aliphatic heterocycles. The normalized spacial score (nSPS) is 20.1. The van der Waals surface area contributed by atoms with Gasteiger partial charge in [-0.1, -0.05) is 51.0 Å². The maximum atomic E-state index is 3.56. The number of hydrogen-bond acceptors (Lipinski definition) is 1. The second-order valence-electron chi connectivity index (χ2n) is 6.06. The van der Waals surface area contributed by atoms with Crippen LogP contribution in [0, 0.1) is 5.92 Å². The average Bonchev–Trinajstić information content (AvgIpc) is 2.78. The molecule has 0 amide bonds. The molecule has 1 heteroatoms. The highest BCUT2D eigenvalue weighted by Gasteiger charge is 2.28. The summed E-state index contributed by atoms with van der Waals surface area (Å²) < 4.78 is 0. The topological polar surface area (TPSA) is 12.0 Å². The van der Waals surface area contributed by atoms with Gasteiger partial charge in [-0.3, -0.25) is 0 Å². The molecule has 100 valence electrons. The van der Waals surface area contributed by atoms with Gasteiger partial charge in [-0.2, -0.15) is 0 Å². The third kappa shape index (κ3) is 3.14. The maximum Gasteiger partial charge on any atom is 0.0133 e. The van der Waals surface area contributed by atoms with Gasteiger partial charge in [-0.05, 0) is 49.3 Å². The van der Waals surface area contributed by atoms with Crippen molar-refractivity contribution in [1.82, 2.24) is 5.32 Å². The first-order valence-electron chi connectivity index (χ1n) is 7.47. The van der Waals surface area contributed by atoms with Gasteiger partial charge in [-0.15, -0.1) is 0 Å². The highest BCUT2D eigenvalue weighted by atomic mass is 14.9. The number of nitrogens with one attached hydrogen (secondary N) is 1. The fourth-order valence-corrected chi connectivity index (χ4v) is 3.30. The summed E-state index contributed by atoms with van der Waals surface area (Å²) in [6.45, 7) is 4.64. The predicted molar refractivity (Wildman–Crippen MR) is 79.0 cm³/mol. The number of aryl methyl sites for hydroxylation is 1. The lowest BCUT2D eigenvalue weighted by atomic mass is 9.89. The Morgan fingerprint density at radius 3 is 2.72 bits per heavy atom. The van der Waals surface area contributed by atoms with Crippen LogP contribution in [-0.2, 0) is 6.42 Å². The molecule has 18 heavy (non-hydrogen) atoms. The maximum absolute atomic E-state index is 3.56. The molecule has 2 rings (SSSR count). The number of rotatable bonds is 6. The molecular weight excluding hydrogens is 218 g/mol. The van der Waals surface area contributed by atoms with Crippen molar-refractivity contribution in [3.63, 3.8) is 0 Å². The van der Waals surface area contributed by atoms with E-state index in [1.54, 1.807) is 11.1 Å². The molecule has 0 bridgehead atoms. The first-order valence-corrected chi connectivity index (χ1v) is 7.47. The summed E-state index contributed by atoms with van der Waals surface area (Å²) in [4.78, 5) is 0. The first-order chi connectivity index (χ1) is 8.72. The Labute approximate surface area is 112 Å². The van der Waals surface area contributed by atoms with Crippen molar-refractivity contribution in [2.75, 3.05) is 7.05 Å². The molecule has 1 aromatic rings. The van der Waals surface area contributed by atoms with Gasteiger partial charge in [0.05, 0.1) is 0 Å². The van der Waals surface area contributed by atoms with Gasteiger partial charge >= 0.3 is 0 Å². The Morgan fingerprint density at radius 1 is 1.22 bits per heavy atom. The van der Waals surface area contributed by atoms with Crippen molar-refractivity contribution in [2.24, 2.45) is 5.92 Å². The highest BCUT2D eigenvalue weighted by Crippen LogP contribution is 2.36. The van der Waals surface area contributed by atoms with E-state index >= 15 is 0 Å². The van der Waals surface area contributed by atoms with Crippen molar-refractivity contribution in [1.29, 1.82) is 0 Å². The summed E-state index contributed by atoms with van der Waals surface area (Å²) in [6, 6.07) is 9.66. The second-order valence-corrected chi connectivity index (χ2v) is 6.06. The van der Waals surface area contributed by atoms with Crippen molar-refractivity contribution in [3.05, 3.63) is 35.4 Å². The molecule has 1 aromatic carbocycles. The summed E-state index contributed by atoms with van der Waals surface area (Å²) in [7, 11) is 2.13. The minimum atomic E-state index is 0.660. The minimum absolute atomic E-state index is 0.660. The van der Waals surface area contributed by atoms with Gasteiger partial charge in [0.1, 0.15) is 0 Å². The summed E-state index contributed by atoms with van der Waals surface area (Å²) in [5, 5.41) is 3.56. The summed E-state index contributed by atoms with van der Waals surface area (Å²) in [5.74, 6) is 1.57. The van der Waals surface area contributed by atoms with Crippen LogP contribution in [0.15, 0.2) is 24.3 Å². The Morgan fingerprint density at radius 2 is 2.00 bits per heavy atom. The van der Waals surface area contributed by atoms with E-state index in [1.807, 2.05) is 0 Å². The zero-order chi connectivity index (χ0) is 13.0. The molecule has 2 atom stereocenters. The van der Waals surface area contributed by atoms with Crippen LogP contribution >= 0.6 is 0 Å². The van der Waals surface area contributed by atoms with E-state index in [0.717, 1.165) is 11.8 Å². The van der Waals surface area contributed by atoms with Crippen LogP contribution in [0.2, 0.25) is 0 Å². The molecule has 0 saturated carbocycles. The second kappa shape index (κ2) is 6.38. The van der Waals surface area contributed by atoms with Gasteiger partial charge in [0.15, 0.2) is 0 Å². The van der Waals surface area contributed by atoms with Gasteiger partial charge in [-0.25, -0.2) is 0 Å². The molecule has 2 unspecified atom stereocenters. The number of benzene rings is 1. The quantitative estimate of drug-likeness (QED) is 0.794.